The molecule has 1 heterocycles. The summed E-state index contributed by atoms with van der Waals surface area (Å²) in [5.74, 6) is 0.755. The van der Waals surface area contributed by atoms with Gasteiger partial charge in [-0.15, -0.1) is 0 Å². The van der Waals surface area contributed by atoms with Crippen LogP contribution in [-0.4, -0.2) is 44.2 Å². The van der Waals surface area contributed by atoms with Crippen molar-refractivity contribution in [1.29, 1.82) is 0 Å². The minimum atomic E-state index is -0.297. The summed E-state index contributed by atoms with van der Waals surface area (Å²) in [4.78, 5) is 22.4. The molecule has 1 aromatic carbocycles. The summed E-state index contributed by atoms with van der Waals surface area (Å²) in [6.45, 7) is 0. The first-order valence-electron chi connectivity index (χ1n) is 6.59. The van der Waals surface area contributed by atoms with Crippen molar-refractivity contribution in [3.8, 4) is 11.8 Å². The van der Waals surface area contributed by atoms with Crippen LogP contribution >= 0.6 is 0 Å². The molecule has 7 heteroatoms. The number of methoxy groups -OCH3 is 2. The Morgan fingerprint density at radius 1 is 1.18 bits per heavy atom. The van der Waals surface area contributed by atoms with Crippen LogP contribution in [0.5, 0.6) is 11.8 Å². The SMILES string of the molecule is COc1ncc(NC(=O)c2ccccc2OC)c(N(C)C)n1. The standard InChI is InChI=1S/C15H18N4O3/c1-19(2)13-11(9-16-15(18-13)22-4)17-14(20)10-7-5-6-8-12(10)21-3/h5-9H,1-4H3,(H,17,20). The molecule has 0 aliphatic carbocycles. The Balaban J connectivity index is 2.32. The molecule has 0 unspecified atom stereocenters. The number of nitrogens with one attached hydrogen (secondary N) is 1. The number of carbonyl (C=O) groups is 1. The molecule has 7 nitrogen and oxygen atoms in total. The number of benzene rings is 1. The van der Waals surface area contributed by atoms with Gasteiger partial charge in [0.2, 0.25) is 0 Å². The van der Waals surface area contributed by atoms with E-state index >= 15 is 0 Å². The van der Waals surface area contributed by atoms with Crippen molar-refractivity contribution >= 4 is 17.4 Å². The normalized spacial score (nSPS) is 10.0. The Hall–Kier alpha value is -2.83. The fourth-order valence-electron chi connectivity index (χ4n) is 1.91. The zero-order valence-corrected chi connectivity index (χ0v) is 13.0. The van der Waals surface area contributed by atoms with E-state index in [1.807, 2.05) is 14.1 Å². The molecule has 0 aliphatic rings. The first-order chi connectivity index (χ1) is 10.6. The van der Waals surface area contributed by atoms with Crippen molar-refractivity contribution in [2.24, 2.45) is 0 Å². The van der Waals surface area contributed by atoms with Crippen LogP contribution in [-0.2, 0) is 0 Å². The molecule has 1 N–H and O–H groups in total. The first-order valence-corrected chi connectivity index (χ1v) is 6.59. The number of hydrogen-bond donors (Lipinski definition) is 1. The van der Waals surface area contributed by atoms with E-state index < -0.39 is 0 Å². The second-order valence-corrected chi connectivity index (χ2v) is 4.64. The largest absolute Gasteiger partial charge is 0.496 e. The van der Waals surface area contributed by atoms with E-state index in [9.17, 15) is 4.79 Å². The van der Waals surface area contributed by atoms with Crippen molar-refractivity contribution in [2.75, 3.05) is 38.5 Å². The van der Waals surface area contributed by atoms with Crippen molar-refractivity contribution in [3.63, 3.8) is 0 Å². The molecule has 0 spiro atoms. The van der Waals surface area contributed by atoms with Crippen LogP contribution in [0.1, 0.15) is 10.4 Å². The lowest BCUT2D eigenvalue weighted by Crippen LogP contribution is -2.19. The molecular weight excluding hydrogens is 284 g/mol. The summed E-state index contributed by atoms with van der Waals surface area (Å²) in [5.41, 5.74) is 0.923. The van der Waals surface area contributed by atoms with Gasteiger partial charge in [0.15, 0.2) is 5.82 Å². The second-order valence-electron chi connectivity index (χ2n) is 4.64. The number of hydrogen-bond acceptors (Lipinski definition) is 6. The van der Waals surface area contributed by atoms with Crippen molar-refractivity contribution in [2.45, 2.75) is 0 Å². The zero-order valence-electron chi connectivity index (χ0n) is 13.0. The van der Waals surface area contributed by atoms with Gasteiger partial charge in [0.25, 0.3) is 5.91 Å². The average molecular weight is 302 g/mol. The fraction of sp³-hybridized carbons (Fsp3) is 0.267. The average Bonchev–Trinajstić information content (AvgIpc) is 2.54. The minimum absolute atomic E-state index is 0.235. The molecule has 0 saturated heterocycles. The van der Waals surface area contributed by atoms with Gasteiger partial charge >= 0.3 is 6.01 Å². The van der Waals surface area contributed by atoms with Gasteiger partial charge in [-0.25, -0.2) is 4.98 Å². The van der Waals surface area contributed by atoms with Crippen LogP contribution in [0, 0.1) is 0 Å². The first kappa shape index (κ1) is 15.6. The van der Waals surface area contributed by atoms with Crippen LogP contribution in [0.15, 0.2) is 30.5 Å². The van der Waals surface area contributed by atoms with Gasteiger partial charge in [0, 0.05) is 14.1 Å². The monoisotopic (exact) mass is 302 g/mol. The number of rotatable bonds is 5. The number of amides is 1. The van der Waals surface area contributed by atoms with E-state index in [0.29, 0.717) is 22.8 Å². The molecule has 2 rings (SSSR count). The summed E-state index contributed by atoms with van der Waals surface area (Å²) in [6, 6.07) is 7.23. The lowest BCUT2D eigenvalue weighted by Gasteiger charge is -2.17. The lowest BCUT2D eigenvalue weighted by atomic mass is 10.2. The Morgan fingerprint density at radius 3 is 2.55 bits per heavy atom. The number of para-hydroxylation sites is 1. The minimum Gasteiger partial charge on any atom is -0.496 e. The number of ether oxygens (including phenoxy) is 2. The number of aromatic nitrogens is 2. The molecule has 0 saturated carbocycles. The maximum Gasteiger partial charge on any atom is 0.318 e. The van der Waals surface area contributed by atoms with E-state index in [0.717, 1.165) is 0 Å². The summed E-state index contributed by atoms with van der Waals surface area (Å²) in [7, 11) is 6.65. The fourth-order valence-corrected chi connectivity index (χ4v) is 1.91. The van der Waals surface area contributed by atoms with Crippen LogP contribution < -0.4 is 19.7 Å². The van der Waals surface area contributed by atoms with Crippen molar-refractivity contribution < 1.29 is 14.3 Å². The Morgan fingerprint density at radius 2 is 1.91 bits per heavy atom. The molecule has 1 aromatic heterocycles. The Kier molecular flexibility index (Phi) is 4.77. The summed E-state index contributed by atoms with van der Waals surface area (Å²) in [6.07, 6.45) is 1.51. The third-order valence-electron chi connectivity index (χ3n) is 2.95. The molecule has 116 valence electrons. The zero-order chi connectivity index (χ0) is 16.1. The van der Waals surface area contributed by atoms with Gasteiger partial charge in [-0.1, -0.05) is 12.1 Å². The number of nitrogens with zero attached hydrogens (tertiary/aromatic N) is 3. The molecule has 2 aromatic rings. The van der Waals surface area contributed by atoms with E-state index in [4.69, 9.17) is 9.47 Å². The molecule has 0 atom stereocenters. The third-order valence-corrected chi connectivity index (χ3v) is 2.95. The van der Waals surface area contributed by atoms with Crippen LogP contribution in [0.25, 0.3) is 0 Å². The van der Waals surface area contributed by atoms with Crippen LogP contribution in [0.3, 0.4) is 0 Å². The summed E-state index contributed by atoms with van der Waals surface area (Å²) >= 11 is 0. The molecule has 22 heavy (non-hydrogen) atoms. The van der Waals surface area contributed by atoms with E-state index in [-0.39, 0.29) is 11.9 Å². The van der Waals surface area contributed by atoms with E-state index in [2.05, 4.69) is 15.3 Å². The summed E-state index contributed by atoms with van der Waals surface area (Å²) in [5, 5.41) is 2.79. The number of anilines is 2. The van der Waals surface area contributed by atoms with Crippen LogP contribution in [0.4, 0.5) is 11.5 Å². The smallest absolute Gasteiger partial charge is 0.318 e. The second kappa shape index (κ2) is 6.75. The van der Waals surface area contributed by atoms with Crippen LogP contribution in [0.2, 0.25) is 0 Å². The maximum absolute atomic E-state index is 12.4. The van der Waals surface area contributed by atoms with Gasteiger partial charge in [-0.05, 0) is 12.1 Å². The highest BCUT2D eigenvalue weighted by molar-refractivity contribution is 6.07. The predicted molar refractivity (Wildman–Crippen MR) is 83.9 cm³/mol. The Labute approximate surface area is 128 Å². The van der Waals surface area contributed by atoms with E-state index in [1.54, 1.807) is 29.2 Å². The van der Waals surface area contributed by atoms with Crippen molar-refractivity contribution in [1.82, 2.24) is 9.97 Å². The lowest BCUT2D eigenvalue weighted by molar-refractivity contribution is 0.102. The third kappa shape index (κ3) is 3.25. The highest BCUT2D eigenvalue weighted by Gasteiger charge is 2.16. The van der Waals surface area contributed by atoms with E-state index in [1.165, 1.54) is 20.4 Å². The van der Waals surface area contributed by atoms with Gasteiger partial charge in [0.05, 0.1) is 26.0 Å². The quantitative estimate of drug-likeness (QED) is 0.907. The van der Waals surface area contributed by atoms with Gasteiger partial charge in [-0.2, -0.15) is 4.98 Å². The molecule has 0 aliphatic heterocycles. The maximum atomic E-state index is 12.4. The van der Waals surface area contributed by atoms with Gasteiger partial charge in [0.1, 0.15) is 11.4 Å². The molecule has 1 amide bonds. The molecule has 0 bridgehead atoms. The highest BCUT2D eigenvalue weighted by Crippen LogP contribution is 2.25. The molecule has 0 fully saturated rings. The number of carbonyl (C=O) groups excluding carboxylic acids is 1. The predicted octanol–water partition coefficient (Wildman–Crippen LogP) is 1.81. The molecule has 0 radical (unpaired) electrons. The topological polar surface area (TPSA) is 76.6 Å². The van der Waals surface area contributed by atoms with Gasteiger partial charge in [-0.3, -0.25) is 4.79 Å². The Bertz CT molecular complexity index is 674. The molecular formula is C15H18N4O3. The van der Waals surface area contributed by atoms with Gasteiger partial charge < -0.3 is 19.7 Å². The van der Waals surface area contributed by atoms with Crippen molar-refractivity contribution in [3.05, 3.63) is 36.0 Å². The highest BCUT2D eigenvalue weighted by atomic mass is 16.5. The summed E-state index contributed by atoms with van der Waals surface area (Å²) < 4.78 is 10.2.